The summed E-state index contributed by atoms with van der Waals surface area (Å²) in [5, 5.41) is 0. The monoisotopic (exact) mass is 379 g/mol. The lowest BCUT2D eigenvalue weighted by Gasteiger charge is -2.48. The minimum absolute atomic E-state index is 0.171. The van der Waals surface area contributed by atoms with E-state index in [0.29, 0.717) is 30.0 Å². The van der Waals surface area contributed by atoms with Gasteiger partial charge < -0.3 is 14.7 Å². The van der Waals surface area contributed by atoms with Crippen LogP contribution in [0.5, 0.6) is 0 Å². The van der Waals surface area contributed by atoms with Gasteiger partial charge in [0.2, 0.25) is 11.8 Å². The van der Waals surface area contributed by atoms with E-state index in [0.717, 1.165) is 44.8 Å². The molecular formula is C20H33N3O2S. The zero-order chi connectivity index (χ0) is 18.0. The van der Waals surface area contributed by atoms with E-state index in [-0.39, 0.29) is 5.41 Å². The second-order valence-electron chi connectivity index (χ2n) is 8.77. The molecule has 1 aliphatic carbocycles. The molecule has 0 unspecified atom stereocenters. The molecule has 4 aliphatic rings. The molecule has 0 aromatic heterocycles. The Morgan fingerprint density at radius 1 is 1.08 bits per heavy atom. The van der Waals surface area contributed by atoms with Gasteiger partial charge in [0.1, 0.15) is 0 Å². The summed E-state index contributed by atoms with van der Waals surface area (Å²) in [6.07, 6.45) is 8.95. The standard InChI is InChI=1S/C20H33N3O2S/c24-18-6-8-20(16-23(18)17-4-5-17)7-3-11-22(15-20)19(25)14-26-13-12-21-9-1-2-10-21/h17H,1-16H2/t20-/m1/s1. The summed E-state index contributed by atoms with van der Waals surface area (Å²) in [7, 11) is 0. The lowest BCUT2D eigenvalue weighted by atomic mass is 9.73. The maximum absolute atomic E-state index is 12.7. The van der Waals surface area contributed by atoms with Crippen molar-refractivity contribution in [3.63, 3.8) is 0 Å². The van der Waals surface area contributed by atoms with Crippen molar-refractivity contribution in [3.8, 4) is 0 Å². The van der Waals surface area contributed by atoms with Gasteiger partial charge in [-0.15, -0.1) is 0 Å². The fourth-order valence-corrected chi connectivity index (χ4v) is 5.86. The number of nitrogens with zero attached hydrogens (tertiary/aromatic N) is 3. The van der Waals surface area contributed by atoms with E-state index in [2.05, 4.69) is 14.7 Å². The summed E-state index contributed by atoms with van der Waals surface area (Å²) in [5.41, 5.74) is 0.171. The SMILES string of the molecule is O=C(CSCCN1CCCC1)N1CCC[C@@]2(CCC(=O)N(C3CC3)C2)C1. The average Bonchev–Trinajstić information content (AvgIpc) is 3.37. The van der Waals surface area contributed by atoms with Crippen molar-refractivity contribution in [1.29, 1.82) is 0 Å². The molecule has 1 spiro atoms. The molecule has 0 aromatic rings. The number of thioether (sulfide) groups is 1. The Kier molecular flexibility index (Phi) is 5.79. The van der Waals surface area contributed by atoms with E-state index in [1.54, 1.807) is 11.8 Å². The number of hydrogen-bond donors (Lipinski definition) is 0. The fraction of sp³-hybridized carbons (Fsp3) is 0.900. The van der Waals surface area contributed by atoms with Crippen LogP contribution in [0.1, 0.15) is 51.4 Å². The molecule has 4 fully saturated rings. The summed E-state index contributed by atoms with van der Waals surface area (Å²) < 4.78 is 0. The highest BCUT2D eigenvalue weighted by Crippen LogP contribution is 2.42. The fourth-order valence-electron chi connectivity index (χ4n) is 4.97. The van der Waals surface area contributed by atoms with E-state index in [1.165, 1.54) is 45.2 Å². The van der Waals surface area contributed by atoms with Crippen LogP contribution in [0, 0.1) is 5.41 Å². The number of likely N-dealkylation sites (tertiary alicyclic amines) is 3. The summed E-state index contributed by atoms with van der Waals surface area (Å²) >= 11 is 1.80. The quantitative estimate of drug-likeness (QED) is 0.664. The van der Waals surface area contributed by atoms with Crippen molar-refractivity contribution in [1.82, 2.24) is 14.7 Å². The number of rotatable bonds is 6. The van der Waals surface area contributed by atoms with Crippen molar-refractivity contribution < 1.29 is 9.59 Å². The van der Waals surface area contributed by atoms with Crippen LogP contribution in [0.3, 0.4) is 0 Å². The second-order valence-corrected chi connectivity index (χ2v) is 9.88. The normalized spacial score (nSPS) is 30.4. The van der Waals surface area contributed by atoms with Gasteiger partial charge in [0.05, 0.1) is 5.75 Å². The zero-order valence-electron chi connectivity index (χ0n) is 16.0. The first-order chi connectivity index (χ1) is 12.7. The minimum Gasteiger partial charge on any atom is -0.341 e. The summed E-state index contributed by atoms with van der Waals surface area (Å²) in [4.78, 5) is 31.7. The molecule has 0 radical (unpaired) electrons. The van der Waals surface area contributed by atoms with Gasteiger partial charge in [-0.05, 0) is 58.0 Å². The Hall–Kier alpha value is -0.750. The summed E-state index contributed by atoms with van der Waals surface area (Å²) in [6, 6.07) is 0.506. The molecule has 146 valence electrons. The van der Waals surface area contributed by atoms with Gasteiger partial charge in [-0.1, -0.05) is 0 Å². The molecule has 0 bridgehead atoms. The highest BCUT2D eigenvalue weighted by molar-refractivity contribution is 7.99. The van der Waals surface area contributed by atoms with E-state index in [1.807, 2.05) is 0 Å². The lowest BCUT2D eigenvalue weighted by molar-refractivity contribution is -0.142. The van der Waals surface area contributed by atoms with Gasteiger partial charge in [-0.3, -0.25) is 9.59 Å². The first kappa shape index (κ1) is 18.6. The van der Waals surface area contributed by atoms with Crippen molar-refractivity contribution >= 4 is 23.6 Å². The maximum atomic E-state index is 12.7. The van der Waals surface area contributed by atoms with Crippen LogP contribution in [0.25, 0.3) is 0 Å². The first-order valence-corrected chi connectivity index (χ1v) is 11.7. The molecule has 0 N–H and O–H groups in total. The number of carbonyl (C=O) groups is 2. The number of hydrogen-bond acceptors (Lipinski definition) is 4. The highest BCUT2D eigenvalue weighted by Gasteiger charge is 2.46. The number of carbonyl (C=O) groups excluding carboxylic acids is 2. The molecule has 3 aliphatic heterocycles. The van der Waals surface area contributed by atoms with Crippen LogP contribution >= 0.6 is 11.8 Å². The van der Waals surface area contributed by atoms with Crippen LogP contribution in [0.2, 0.25) is 0 Å². The molecule has 3 saturated heterocycles. The Bertz CT molecular complexity index is 533. The predicted octanol–water partition coefficient (Wildman–Crippen LogP) is 2.21. The third kappa shape index (κ3) is 4.38. The van der Waals surface area contributed by atoms with Crippen molar-refractivity contribution in [2.75, 3.05) is 50.8 Å². The van der Waals surface area contributed by atoms with Crippen LogP contribution in [0.4, 0.5) is 0 Å². The topological polar surface area (TPSA) is 43.9 Å². The first-order valence-electron chi connectivity index (χ1n) is 10.5. The third-order valence-electron chi connectivity index (χ3n) is 6.67. The third-order valence-corrected chi connectivity index (χ3v) is 7.60. The van der Waals surface area contributed by atoms with Gasteiger partial charge in [-0.25, -0.2) is 0 Å². The molecule has 5 nitrogen and oxygen atoms in total. The maximum Gasteiger partial charge on any atom is 0.232 e. The zero-order valence-corrected chi connectivity index (χ0v) is 16.8. The van der Waals surface area contributed by atoms with Crippen molar-refractivity contribution in [2.24, 2.45) is 5.41 Å². The average molecular weight is 380 g/mol. The van der Waals surface area contributed by atoms with Crippen LogP contribution in [-0.4, -0.2) is 83.3 Å². The Morgan fingerprint density at radius 3 is 2.65 bits per heavy atom. The van der Waals surface area contributed by atoms with E-state index in [4.69, 9.17) is 0 Å². The molecule has 4 rings (SSSR count). The van der Waals surface area contributed by atoms with E-state index >= 15 is 0 Å². The van der Waals surface area contributed by atoms with E-state index in [9.17, 15) is 9.59 Å². The molecule has 1 atom stereocenters. The molecular weight excluding hydrogens is 346 g/mol. The Labute approximate surface area is 161 Å². The molecule has 0 aromatic carbocycles. The highest BCUT2D eigenvalue weighted by atomic mass is 32.2. The summed E-state index contributed by atoms with van der Waals surface area (Å²) in [6.45, 7) is 6.27. The minimum atomic E-state index is 0.171. The number of amides is 2. The largest absolute Gasteiger partial charge is 0.341 e. The van der Waals surface area contributed by atoms with Gasteiger partial charge in [0.15, 0.2) is 0 Å². The molecule has 6 heteroatoms. The van der Waals surface area contributed by atoms with Crippen LogP contribution in [-0.2, 0) is 9.59 Å². The van der Waals surface area contributed by atoms with Gasteiger partial charge in [0, 0.05) is 49.8 Å². The van der Waals surface area contributed by atoms with Crippen LogP contribution < -0.4 is 0 Å². The lowest BCUT2D eigenvalue weighted by Crippen LogP contribution is -2.55. The van der Waals surface area contributed by atoms with Gasteiger partial charge in [-0.2, -0.15) is 11.8 Å². The van der Waals surface area contributed by atoms with Crippen LogP contribution in [0.15, 0.2) is 0 Å². The Balaban J connectivity index is 1.24. The van der Waals surface area contributed by atoms with Crippen molar-refractivity contribution in [3.05, 3.63) is 0 Å². The summed E-state index contributed by atoms with van der Waals surface area (Å²) in [5.74, 6) is 2.34. The molecule has 26 heavy (non-hydrogen) atoms. The molecule has 2 amide bonds. The smallest absolute Gasteiger partial charge is 0.232 e. The Morgan fingerprint density at radius 2 is 1.88 bits per heavy atom. The molecule has 1 saturated carbocycles. The molecule has 3 heterocycles. The van der Waals surface area contributed by atoms with E-state index < -0.39 is 0 Å². The predicted molar refractivity (Wildman–Crippen MR) is 105 cm³/mol. The van der Waals surface area contributed by atoms with Crippen molar-refractivity contribution in [2.45, 2.75) is 57.4 Å². The second kappa shape index (κ2) is 8.09. The van der Waals surface area contributed by atoms with Gasteiger partial charge in [0.25, 0.3) is 0 Å². The van der Waals surface area contributed by atoms with Gasteiger partial charge >= 0.3 is 0 Å². The number of piperidine rings is 2.